The average molecular weight is 186 g/mol. The number of carbonyl (C=O) groups is 2. The summed E-state index contributed by atoms with van der Waals surface area (Å²) >= 11 is 0. The molecule has 0 radical (unpaired) electrons. The van der Waals surface area contributed by atoms with Crippen molar-refractivity contribution in [2.24, 2.45) is 0 Å². The second-order valence-electron chi connectivity index (χ2n) is 3.41. The summed E-state index contributed by atoms with van der Waals surface area (Å²) in [5.41, 5.74) is 2.31. The van der Waals surface area contributed by atoms with Gasteiger partial charge >= 0.3 is 0 Å². The van der Waals surface area contributed by atoms with Crippen LogP contribution in [0.25, 0.3) is 6.08 Å². The molecule has 0 fully saturated rings. The Balaban J connectivity index is 2.54. The molecule has 0 unspecified atom stereocenters. The lowest BCUT2D eigenvalue weighted by Crippen LogP contribution is -2.16. The monoisotopic (exact) mass is 186 g/mol. The van der Waals surface area contributed by atoms with E-state index in [1.807, 2.05) is 24.3 Å². The second-order valence-corrected chi connectivity index (χ2v) is 3.41. The van der Waals surface area contributed by atoms with E-state index in [4.69, 9.17) is 0 Å². The zero-order valence-electron chi connectivity index (χ0n) is 7.91. The molecule has 2 heteroatoms. The average Bonchev–Trinajstić information content (AvgIpc) is 2.16. The van der Waals surface area contributed by atoms with Gasteiger partial charge < -0.3 is 0 Å². The predicted molar refractivity (Wildman–Crippen MR) is 53.8 cm³/mol. The largest absolute Gasteiger partial charge is 0.294 e. The molecule has 0 spiro atoms. The molecule has 1 aromatic rings. The van der Waals surface area contributed by atoms with Crippen LogP contribution in [0, 0.1) is 0 Å². The molecule has 1 aromatic carbocycles. The molecule has 2 rings (SSSR count). The minimum atomic E-state index is -0.149. The van der Waals surface area contributed by atoms with E-state index in [0.29, 0.717) is 12.0 Å². The standard InChI is InChI=1S/C12H10O2/c1-8(13)11-6-9-4-2-3-5-10(9)7-12(11)14/h2-6H,7H2,1H3. The lowest BCUT2D eigenvalue weighted by atomic mass is 9.90. The van der Waals surface area contributed by atoms with E-state index in [2.05, 4.69) is 0 Å². The third kappa shape index (κ3) is 1.39. The molecule has 1 aliphatic rings. The van der Waals surface area contributed by atoms with Gasteiger partial charge in [0.2, 0.25) is 0 Å². The van der Waals surface area contributed by atoms with Gasteiger partial charge in [0.15, 0.2) is 11.6 Å². The van der Waals surface area contributed by atoms with Gasteiger partial charge in [-0.2, -0.15) is 0 Å². The highest BCUT2D eigenvalue weighted by atomic mass is 16.1. The fourth-order valence-corrected chi connectivity index (χ4v) is 1.64. The summed E-state index contributed by atoms with van der Waals surface area (Å²) in [5, 5.41) is 0. The summed E-state index contributed by atoms with van der Waals surface area (Å²) in [7, 11) is 0. The van der Waals surface area contributed by atoms with Crippen LogP contribution in [0.1, 0.15) is 18.1 Å². The molecule has 0 amide bonds. The number of Topliss-reactive ketones (excluding diaryl/α,β-unsaturated/α-hetero) is 2. The number of carbonyl (C=O) groups excluding carboxylic acids is 2. The normalized spacial score (nSPS) is 14.6. The smallest absolute Gasteiger partial charge is 0.170 e. The topological polar surface area (TPSA) is 34.1 Å². The Hall–Kier alpha value is -1.70. The van der Waals surface area contributed by atoms with Gasteiger partial charge in [-0.25, -0.2) is 0 Å². The predicted octanol–water partition coefficient (Wildman–Crippen LogP) is 1.78. The molecule has 14 heavy (non-hydrogen) atoms. The van der Waals surface area contributed by atoms with Gasteiger partial charge in [-0.15, -0.1) is 0 Å². The van der Waals surface area contributed by atoms with Crippen molar-refractivity contribution in [1.82, 2.24) is 0 Å². The van der Waals surface area contributed by atoms with E-state index in [-0.39, 0.29) is 11.6 Å². The highest BCUT2D eigenvalue weighted by molar-refractivity contribution is 6.24. The van der Waals surface area contributed by atoms with Gasteiger partial charge in [-0.1, -0.05) is 24.3 Å². The van der Waals surface area contributed by atoms with Gasteiger partial charge in [0.1, 0.15) is 0 Å². The van der Waals surface area contributed by atoms with E-state index >= 15 is 0 Å². The lowest BCUT2D eigenvalue weighted by Gasteiger charge is -2.12. The molecule has 2 nitrogen and oxygen atoms in total. The maximum absolute atomic E-state index is 11.5. The van der Waals surface area contributed by atoms with Crippen LogP contribution in [-0.2, 0) is 16.0 Å². The van der Waals surface area contributed by atoms with Crippen molar-refractivity contribution in [3.63, 3.8) is 0 Å². The number of allylic oxidation sites excluding steroid dienone is 1. The van der Waals surface area contributed by atoms with Crippen molar-refractivity contribution in [2.45, 2.75) is 13.3 Å². The zero-order chi connectivity index (χ0) is 10.1. The third-order valence-corrected chi connectivity index (χ3v) is 2.39. The number of fused-ring (bicyclic) bond motifs is 1. The number of ketones is 2. The molecule has 0 saturated carbocycles. The molecule has 1 aliphatic carbocycles. The Labute approximate surface area is 82.2 Å². The molecular formula is C12H10O2. The van der Waals surface area contributed by atoms with Crippen LogP contribution in [0.15, 0.2) is 29.8 Å². The van der Waals surface area contributed by atoms with Crippen molar-refractivity contribution < 1.29 is 9.59 Å². The number of hydrogen-bond donors (Lipinski definition) is 0. The number of benzene rings is 1. The Morgan fingerprint density at radius 1 is 1.29 bits per heavy atom. The molecule has 0 bridgehead atoms. The van der Waals surface area contributed by atoms with Crippen LogP contribution in [-0.4, -0.2) is 11.6 Å². The van der Waals surface area contributed by atoms with Crippen LogP contribution in [0.2, 0.25) is 0 Å². The number of rotatable bonds is 1. The molecular weight excluding hydrogens is 176 g/mol. The Bertz CT molecular complexity index is 441. The third-order valence-electron chi connectivity index (χ3n) is 2.39. The summed E-state index contributed by atoms with van der Waals surface area (Å²) in [6.07, 6.45) is 2.03. The summed E-state index contributed by atoms with van der Waals surface area (Å²) in [5.74, 6) is -0.222. The fraction of sp³-hybridized carbons (Fsp3) is 0.167. The Kier molecular flexibility index (Phi) is 2.04. The van der Waals surface area contributed by atoms with E-state index in [1.54, 1.807) is 6.08 Å². The molecule has 0 aliphatic heterocycles. The molecule has 0 aromatic heterocycles. The SMILES string of the molecule is CC(=O)C1=Cc2ccccc2CC1=O. The molecule has 0 atom stereocenters. The minimum absolute atomic E-state index is 0.0730. The first-order valence-electron chi connectivity index (χ1n) is 4.52. The second kappa shape index (κ2) is 3.22. The quantitative estimate of drug-likeness (QED) is 0.626. The number of hydrogen-bond acceptors (Lipinski definition) is 2. The van der Waals surface area contributed by atoms with Crippen LogP contribution < -0.4 is 0 Å². The van der Waals surface area contributed by atoms with Gasteiger partial charge in [0.25, 0.3) is 0 Å². The van der Waals surface area contributed by atoms with Gasteiger partial charge in [-0.3, -0.25) is 9.59 Å². The van der Waals surface area contributed by atoms with E-state index in [0.717, 1.165) is 11.1 Å². The highest BCUT2D eigenvalue weighted by Crippen LogP contribution is 2.21. The van der Waals surface area contributed by atoms with Crippen molar-refractivity contribution >= 4 is 17.6 Å². The van der Waals surface area contributed by atoms with Crippen LogP contribution in [0.3, 0.4) is 0 Å². The minimum Gasteiger partial charge on any atom is -0.294 e. The van der Waals surface area contributed by atoms with Crippen molar-refractivity contribution in [2.75, 3.05) is 0 Å². The van der Waals surface area contributed by atoms with Crippen molar-refractivity contribution in [1.29, 1.82) is 0 Å². The summed E-state index contributed by atoms with van der Waals surface area (Å²) in [6, 6.07) is 7.65. The fourth-order valence-electron chi connectivity index (χ4n) is 1.64. The van der Waals surface area contributed by atoms with E-state index < -0.39 is 0 Å². The van der Waals surface area contributed by atoms with Gasteiger partial charge in [0, 0.05) is 6.42 Å². The molecule has 0 saturated heterocycles. The summed E-state index contributed by atoms with van der Waals surface area (Å²) < 4.78 is 0. The maximum Gasteiger partial charge on any atom is 0.170 e. The van der Waals surface area contributed by atoms with E-state index in [9.17, 15) is 9.59 Å². The molecule has 0 heterocycles. The van der Waals surface area contributed by atoms with Gasteiger partial charge in [-0.05, 0) is 24.1 Å². The summed E-state index contributed by atoms with van der Waals surface area (Å²) in [6.45, 7) is 1.43. The maximum atomic E-state index is 11.5. The Morgan fingerprint density at radius 2 is 2.00 bits per heavy atom. The van der Waals surface area contributed by atoms with Crippen molar-refractivity contribution in [3.8, 4) is 0 Å². The van der Waals surface area contributed by atoms with Crippen LogP contribution in [0.4, 0.5) is 0 Å². The first-order chi connectivity index (χ1) is 6.68. The first kappa shape index (κ1) is 8.88. The highest BCUT2D eigenvalue weighted by Gasteiger charge is 2.20. The van der Waals surface area contributed by atoms with Crippen LogP contribution >= 0.6 is 0 Å². The molecule has 70 valence electrons. The van der Waals surface area contributed by atoms with Crippen molar-refractivity contribution in [3.05, 3.63) is 41.0 Å². The zero-order valence-corrected chi connectivity index (χ0v) is 7.91. The van der Waals surface area contributed by atoms with Gasteiger partial charge in [0.05, 0.1) is 5.57 Å². The first-order valence-corrected chi connectivity index (χ1v) is 4.52. The lowest BCUT2D eigenvalue weighted by molar-refractivity contribution is -0.120. The molecule has 0 N–H and O–H groups in total. The van der Waals surface area contributed by atoms with Crippen LogP contribution in [0.5, 0.6) is 0 Å². The Morgan fingerprint density at radius 3 is 2.71 bits per heavy atom. The summed E-state index contributed by atoms with van der Waals surface area (Å²) in [4.78, 5) is 22.6. The van der Waals surface area contributed by atoms with E-state index in [1.165, 1.54) is 6.92 Å².